The molecule has 1 aromatic heterocycles. The van der Waals surface area contributed by atoms with Gasteiger partial charge < -0.3 is 10.1 Å². The van der Waals surface area contributed by atoms with Crippen LogP contribution in [0.3, 0.4) is 0 Å². The summed E-state index contributed by atoms with van der Waals surface area (Å²) in [5, 5.41) is 8.74. The number of nitrogens with zero attached hydrogens (tertiary/aromatic N) is 1. The second-order valence-corrected chi connectivity index (χ2v) is 2.98. The number of rotatable bonds is 2. The number of carboxylic acids is 1. The van der Waals surface area contributed by atoms with E-state index < -0.39 is 11.7 Å². The molecule has 1 heterocycles. The van der Waals surface area contributed by atoms with E-state index in [4.69, 9.17) is 5.11 Å². The Morgan fingerprint density at radius 3 is 2.69 bits per heavy atom. The van der Waals surface area contributed by atoms with Crippen molar-refractivity contribution in [2.75, 3.05) is 0 Å². The maximum Gasteiger partial charge on any atom is 0.345 e. The molecule has 70 valence electrons. The molecule has 5 heteroatoms. The van der Waals surface area contributed by atoms with Gasteiger partial charge in [0.1, 0.15) is 0 Å². The van der Waals surface area contributed by atoms with Crippen LogP contribution in [-0.4, -0.2) is 21.0 Å². The summed E-state index contributed by atoms with van der Waals surface area (Å²) >= 11 is 0. The summed E-state index contributed by atoms with van der Waals surface area (Å²) in [4.78, 5) is 27.2. The minimum Gasteiger partial charge on any atom is -0.478 e. The third kappa shape index (κ3) is 1.93. The Kier molecular flexibility index (Phi) is 2.46. The molecule has 0 fully saturated rings. The number of H-pyrrole nitrogens is 1. The van der Waals surface area contributed by atoms with E-state index in [0.29, 0.717) is 5.69 Å². The molecule has 1 rings (SSSR count). The van der Waals surface area contributed by atoms with Gasteiger partial charge in [-0.1, -0.05) is 13.8 Å². The van der Waals surface area contributed by atoms with Crippen LogP contribution < -0.4 is 5.69 Å². The fraction of sp³-hybridized carbons (Fsp3) is 0.375. The maximum atomic E-state index is 10.8. The van der Waals surface area contributed by atoms with Gasteiger partial charge in [0.05, 0.1) is 5.56 Å². The predicted octanol–water partition coefficient (Wildman–Crippen LogP) is 0.592. The zero-order chi connectivity index (χ0) is 10.0. The molecule has 0 aliphatic rings. The first-order chi connectivity index (χ1) is 6.02. The summed E-state index contributed by atoms with van der Waals surface area (Å²) in [6.45, 7) is 3.61. The Morgan fingerprint density at radius 1 is 1.62 bits per heavy atom. The molecule has 0 aliphatic carbocycles. The van der Waals surface area contributed by atoms with E-state index in [0.717, 1.165) is 6.20 Å². The number of aromatic amines is 1. The highest BCUT2D eigenvalue weighted by Crippen LogP contribution is 2.13. The van der Waals surface area contributed by atoms with Gasteiger partial charge in [0.2, 0.25) is 0 Å². The summed E-state index contributed by atoms with van der Waals surface area (Å²) in [5.41, 5.74) is -0.0594. The Balaban J connectivity index is 3.35. The van der Waals surface area contributed by atoms with Crippen molar-refractivity contribution in [2.45, 2.75) is 19.8 Å². The van der Waals surface area contributed by atoms with Crippen LogP contribution in [0.5, 0.6) is 0 Å². The lowest BCUT2D eigenvalue weighted by Crippen LogP contribution is -2.17. The first-order valence-corrected chi connectivity index (χ1v) is 3.85. The number of aromatic carboxylic acids is 1. The highest BCUT2D eigenvalue weighted by atomic mass is 16.4. The highest BCUT2D eigenvalue weighted by Gasteiger charge is 2.13. The number of carboxylic acid groups (broad SMARTS) is 1. The first-order valence-electron chi connectivity index (χ1n) is 3.85. The average molecular weight is 182 g/mol. The van der Waals surface area contributed by atoms with Gasteiger partial charge >= 0.3 is 11.7 Å². The molecule has 0 aliphatic heterocycles. The molecule has 0 saturated heterocycles. The van der Waals surface area contributed by atoms with Gasteiger partial charge in [0.15, 0.2) is 0 Å². The largest absolute Gasteiger partial charge is 0.478 e. The zero-order valence-corrected chi connectivity index (χ0v) is 7.37. The molecule has 0 radical (unpaired) electrons. The minimum absolute atomic E-state index is 0.0400. The average Bonchev–Trinajstić information content (AvgIpc) is 2.03. The van der Waals surface area contributed by atoms with Crippen LogP contribution >= 0.6 is 0 Å². The first kappa shape index (κ1) is 9.44. The smallest absolute Gasteiger partial charge is 0.345 e. The number of hydrogen-bond donors (Lipinski definition) is 2. The fourth-order valence-electron chi connectivity index (χ4n) is 1.03. The summed E-state index contributed by atoms with van der Waals surface area (Å²) < 4.78 is 0. The van der Waals surface area contributed by atoms with E-state index in [1.807, 2.05) is 0 Å². The number of carbonyl (C=O) groups is 1. The lowest BCUT2D eigenvalue weighted by atomic mass is 10.1. The van der Waals surface area contributed by atoms with E-state index >= 15 is 0 Å². The molecule has 0 spiro atoms. The van der Waals surface area contributed by atoms with E-state index in [1.165, 1.54) is 0 Å². The molecule has 0 aromatic carbocycles. The van der Waals surface area contributed by atoms with Crippen LogP contribution in [-0.2, 0) is 0 Å². The fourth-order valence-corrected chi connectivity index (χ4v) is 1.03. The van der Waals surface area contributed by atoms with Crippen molar-refractivity contribution in [2.24, 2.45) is 0 Å². The Morgan fingerprint density at radius 2 is 2.23 bits per heavy atom. The van der Waals surface area contributed by atoms with Crippen molar-refractivity contribution in [1.82, 2.24) is 9.97 Å². The van der Waals surface area contributed by atoms with E-state index in [1.54, 1.807) is 13.8 Å². The minimum atomic E-state index is -1.08. The predicted molar refractivity (Wildman–Crippen MR) is 45.9 cm³/mol. The van der Waals surface area contributed by atoms with Crippen LogP contribution in [0.15, 0.2) is 11.0 Å². The van der Waals surface area contributed by atoms with Crippen molar-refractivity contribution in [3.63, 3.8) is 0 Å². The van der Waals surface area contributed by atoms with Gasteiger partial charge in [-0.15, -0.1) is 0 Å². The van der Waals surface area contributed by atoms with Gasteiger partial charge in [-0.25, -0.2) is 14.6 Å². The lowest BCUT2D eigenvalue weighted by molar-refractivity contribution is 0.0694. The summed E-state index contributed by atoms with van der Waals surface area (Å²) in [6, 6.07) is 0. The topological polar surface area (TPSA) is 83.0 Å². The molecule has 0 amide bonds. The Hall–Kier alpha value is -1.65. The molecule has 0 bridgehead atoms. The van der Waals surface area contributed by atoms with Crippen LogP contribution in [0.2, 0.25) is 0 Å². The molecule has 1 aromatic rings. The zero-order valence-electron chi connectivity index (χ0n) is 7.37. The van der Waals surface area contributed by atoms with Crippen molar-refractivity contribution < 1.29 is 9.90 Å². The van der Waals surface area contributed by atoms with E-state index in [9.17, 15) is 9.59 Å². The van der Waals surface area contributed by atoms with Gasteiger partial charge in [0, 0.05) is 11.9 Å². The standard InChI is InChI=1S/C8H10N2O3/c1-4(2)6-5(7(11)12)3-9-8(13)10-6/h3-4H,1-2H3,(H,11,12)(H,9,10,13). The molecule has 0 saturated carbocycles. The van der Waals surface area contributed by atoms with E-state index in [-0.39, 0.29) is 11.5 Å². The van der Waals surface area contributed by atoms with Gasteiger partial charge in [-0.05, 0) is 5.92 Å². The van der Waals surface area contributed by atoms with E-state index in [2.05, 4.69) is 9.97 Å². The second-order valence-electron chi connectivity index (χ2n) is 2.98. The lowest BCUT2D eigenvalue weighted by Gasteiger charge is -2.07. The van der Waals surface area contributed by atoms with Crippen LogP contribution in [0.4, 0.5) is 0 Å². The quantitative estimate of drug-likeness (QED) is 0.701. The maximum absolute atomic E-state index is 10.8. The summed E-state index contributed by atoms with van der Waals surface area (Å²) in [7, 11) is 0. The normalized spacial score (nSPS) is 10.4. The van der Waals surface area contributed by atoms with Crippen molar-refractivity contribution in [3.05, 3.63) is 27.9 Å². The molecule has 0 unspecified atom stereocenters. The molecular weight excluding hydrogens is 172 g/mol. The monoisotopic (exact) mass is 182 g/mol. The molecule has 0 atom stereocenters. The van der Waals surface area contributed by atoms with Gasteiger partial charge in [-0.3, -0.25) is 0 Å². The Bertz CT molecular complexity index is 381. The van der Waals surface area contributed by atoms with Crippen LogP contribution in [0, 0.1) is 0 Å². The molecule has 2 N–H and O–H groups in total. The van der Waals surface area contributed by atoms with Crippen LogP contribution in [0.1, 0.15) is 35.8 Å². The summed E-state index contributed by atoms with van der Waals surface area (Å²) in [6.07, 6.45) is 1.08. The van der Waals surface area contributed by atoms with Crippen molar-refractivity contribution in [1.29, 1.82) is 0 Å². The highest BCUT2D eigenvalue weighted by molar-refractivity contribution is 5.88. The van der Waals surface area contributed by atoms with Crippen molar-refractivity contribution >= 4 is 5.97 Å². The third-order valence-corrected chi connectivity index (χ3v) is 1.65. The number of hydrogen-bond acceptors (Lipinski definition) is 3. The van der Waals surface area contributed by atoms with Gasteiger partial charge in [0.25, 0.3) is 0 Å². The van der Waals surface area contributed by atoms with Crippen LogP contribution in [0.25, 0.3) is 0 Å². The molecular formula is C8H10N2O3. The molecule has 5 nitrogen and oxygen atoms in total. The van der Waals surface area contributed by atoms with Gasteiger partial charge in [-0.2, -0.15) is 0 Å². The number of nitrogens with one attached hydrogen (secondary N) is 1. The Labute approximate surface area is 74.4 Å². The summed E-state index contributed by atoms with van der Waals surface area (Å²) in [5.74, 6) is -1.12. The number of aromatic nitrogens is 2. The molecule has 13 heavy (non-hydrogen) atoms. The van der Waals surface area contributed by atoms with Crippen molar-refractivity contribution in [3.8, 4) is 0 Å². The SMILES string of the molecule is CC(C)c1[nH]c(=O)ncc1C(=O)O. The second kappa shape index (κ2) is 3.38. The third-order valence-electron chi connectivity index (χ3n) is 1.65.